The zero-order valence-electron chi connectivity index (χ0n) is 14.2. The van der Waals surface area contributed by atoms with Crippen LogP contribution in [0.5, 0.6) is 0 Å². The van der Waals surface area contributed by atoms with E-state index in [0.29, 0.717) is 23.9 Å². The monoisotopic (exact) mass is 368 g/mol. The molecule has 7 heteroatoms. The first-order valence-electron chi connectivity index (χ1n) is 8.14. The van der Waals surface area contributed by atoms with E-state index in [-0.39, 0.29) is 5.71 Å². The number of nitriles is 1. The van der Waals surface area contributed by atoms with Crippen LogP contribution in [-0.2, 0) is 16.1 Å². The summed E-state index contributed by atoms with van der Waals surface area (Å²) in [6, 6.07) is 18.4. The Morgan fingerprint density at radius 3 is 2.50 bits per heavy atom. The number of carbonyl (C=O) groups is 1. The fourth-order valence-electron chi connectivity index (χ4n) is 2.66. The molecule has 0 radical (unpaired) electrons. The van der Waals surface area contributed by atoms with Crippen LogP contribution in [0.4, 0.5) is 5.69 Å². The number of hydrogen-bond acceptors (Lipinski definition) is 5. The molecule has 3 rings (SSSR count). The molecule has 0 saturated carbocycles. The summed E-state index contributed by atoms with van der Waals surface area (Å²) in [6.45, 7) is 2.52. The second kappa shape index (κ2) is 8.00. The molecular weight excluding hydrogens is 352 g/mol. The number of rotatable bonds is 5. The Morgan fingerprint density at radius 2 is 1.88 bits per heavy atom. The number of nitrogens with zero attached hydrogens (tertiary/aromatic N) is 4. The largest absolute Gasteiger partial charge is 0.339 e. The van der Waals surface area contributed by atoms with Crippen LogP contribution < -0.4 is 5.01 Å². The normalized spacial score (nSPS) is 17.0. The molecular formula is C19H17ClN4O2. The molecule has 26 heavy (non-hydrogen) atoms. The summed E-state index contributed by atoms with van der Waals surface area (Å²) in [5.41, 5.74) is 1.42. The third kappa shape index (κ3) is 3.69. The van der Waals surface area contributed by atoms with Crippen molar-refractivity contribution in [3.8, 4) is 6.07 Å². The summed E-state index contributed by atoms with van der Waals surface area (Å²) < 4.78 is 5.81. The van der Waals surface area contributed by atoms with Gasteiger partial charge in [0.2, 0.25) is 12.1 Å². The zero-order valence-corrected chi connectivity index (χ0v) is 14.9. The maximum absolute atomic E-state index is 12.7. The molecule has 2 aromatic rings. The number of hydrazone groups is 1. The average Bonchev–Trinajstić information content (AvgIpc) is 2.67. The number of carbonyl (C=O) groups excluding carboxylic acids is 1. The first kappa shape index (κ1) is 17.9. The van der Waals surface area contributed by atoms with Gasteiger partial charge < -0.3 is 4.74 Å². The number of anilines is 1. The number of benzene rings is 2. The van der Waals surface area contributed by atoms with Gasteiger partial charge in [-0.1, -0.05) is 41.9 Å². The molecule has 1 aliphatic heterocycles. The molecule has 0 aliphatic carbocycles. The van der Waals surface area contributed by atoms with Crippen LogP contribution in [-0.4, -0.2) is 29.5 Å². The smallest absolute Gasteiger partial charge is 0.289 e. The molecule has 0 fully saturated rings. The molecule has 1 heterocycles. The van der Waals surface area contributed by atoms with Gasteiger partial charge in [-0.25, -0.2) is 5.01 Å². The first-order valence-corrected chi connectivity index (χ1v) is 8.52. The molecule has 0 N–H and O–H groups in total. The molecule has 1 amide bonds. The van der Waals surface area contributed by atoms with Crippen LogP contribution in [0.15, 0.2) is 59.7 Å². The summed E-state index contributed by atoms with van der Waals surface area (Å²) in [5.74, 6) is -0.458. The third-order valence-corrected chi connectivity index (χ3v) is 4.11. The van der Waals surface area contributed by atoms with Crippen molar-refractivity contribution in [2.75, 3.05) is 11.6 Å². The van der Waals surface area contributed by atoms with Crippen molar-refractivity contribution in [2.24, 2.45) is 5.10 Å². The Kier molecular flexibility index (Phi) is 5.52. The van der Waals surface area contributed by atoms with Crippen molar-refractivity contribution in [3.05, 3.63) is 65.2 Å². The number of amides is 1. The van der Waals surface area contributed by atoms with Crippen molar-refractivity contribution in [1.29, 1.82) is 5.26 Å². The second-order valence-electron chi connectivity index (χ2n) is 5.58. The predicted octanol–water partition coefficient (Wildman–Crippen LogP) is 3.39. The molecule has 6 nitrogen and oxygen atoms in total. The van der Waals surface area contributed by atoms with Gasteiger partial charge in [-0.2, -0.15) is 10.4 Å². The highest BCUT2D eigenvalue weighted by atomic mass is 35.5. The van der Waals surface area contributed by atoms with Crippen molar-refractivity contribution < 1.29 is 9.53 Å². The van der Waals surface area contributed by atoms with Crippen molar-refractivity contribution in [2.45, 2.75) is 19.8 Å². The standard InChI is InChI=1S/C19H17ClN4O2/c1-2-26-19-23(13-14-6-4-3-5-7-14)18(25)17(12-21)22-24(19)16-10-8-15(20)9-11-16/h3-11,19H,2,13H2,1H3. The molecule has 0 spiro atoms. The number of hydrogen-bond donors (Lipinski definition) is 0. The van der Waals surface area contributed by atoms with Crippen LogP contribution in [0.2, 0.25) is 5.02 Å². The van der Waals surface area contributed by atoms with Crippen LogP contribution in [0, 0.1) is 11.3 Å². The van der Waals surface area contributed by atoms with Crippen molar-refractivity contribution >= 4 is 28.9 Å². The summed E-state index contributed by atoms with van der Waals surface area (Å²) in [5, 5.41) is 15.7. The summed E-state index contributed by atoms with van der Waals surface area (Å²) >= 11 is 5.96. The van der Waals surface area contributed by atoms with Crippen LogP contribution >= 0.6 is 11.6 Å². The molecule has 0 bridgehead atoms. The molecule has 1 atom stereocenters. The van der Waals surface area contributed by atoms with Gasteiger partial charge in [0, 0.05) is 11.6 Å². The van der Waals surface area contributed by atoms with Gasteiger partial charge in [0.25, 0.3) is 5.91 Å². The van der Waals surface area contributed by atoms with Gasteiger partial charge in [-0.05, 0) is 36.8 Å². The van der Waals surface area contributed by atoms with Crippen molar-refractivity contribution in [1.82, 2.24) is 4.90 Å². The molecule has 1 aliphatic rings. The molecule has 2 aromatic carbocycles. The van der Waals surface area contributed by atoms with E-state index in [9.17, 15) is 10.1 Å². The predicted molar refractivity (Wildman–Crippen MR) is 99.4 cm³/mol. The van der Waals surface area contributed by atoms with E-state index >= 15 is 0 Å². The average molecular weight is 369 g/mol. The van der Waals surface area contributed by atoms with E-state index in [4.69, 9.17) is 16.3 Å². The SMILES string of the molecule is CCOC1N(Cc2ccccc2)C(=O)C(C#N)=NN1c1ccc(Cl)cc1. The summed E-state index contributed by atoms with van der Waals surface area (Å²) in [6.07, 6.45) is -0.758. The van der Waals surface area contributed by atoms with E-state index in [1.54, 1.807) is 24.3 Å². The lowest BCUT2D eigenvalue weighted by Gasteiger charge is -2.40. The Balaban J connectivity index is 2.02. The number of halogens is 1. The molecule has 0 saturated heterocycles. The Hall–Kier alpha value is -2.88. The Labute approximate surface area is 156 Å². The number of ether oxygens (including phenoxy) is 1. The topological polar surface area (TPSA) is 68.9 Å². The first-order chi connectivity index (χ1) is 12.6. The third-order valence-electron chi connectivity index (χ3n) is 3.86. The van der Waals surface area contributed by atoms with Gasteiger partial charge in [0.15, 0.2) is 0 Å². The quantitative estimate of drug-likeness (QED) is 0.811. The maximum Gasteiger partial charge on any atom is 0.289 e. The van der Waals surface area contributed by atoms with Gasteiger partial charge in [0.05, 0.1) is 12.2 Å². The van der Waals surface area contributed by atoms with Crippen LogP contribution in [0.1, 0.15) is 12.5 Å². The van der Waals surface area contributed by atoms with Gasteiger partial charge in [-0.3, -0.25) is 9.69 Å². The lowest BCUT2D eigenvalue weighted by Crippen LogP contribution is -2.56. The maximum atomic E-state index is 12.7. The zero-order chi connectivity index (χ0) is 18.5. The highest BCUT2D eigenvalue weighted by molar-refractivity contribution is 6.45. The van der Waals surface area contributed by atoms with E-state index in [2.05, 4.69) is 5.10 Å². The van der Waals surface area contributed by atoms with Gasteiger partial charge in [0.1, 0.15) is 6.07 Å². The Bertz CT molecular complexity index is 846. The van der Waals surface area contributed by atoms with E-state index in [0.717, 1.165) is 5.56 Å². The van der Waals surface area contributed by atoms with Crippen molar-refractivity contribution in [3.63, 3.8) is 0 Å². The van der Waals surface area contributed by atoms with Crippen LogP contribution in [0.25, 0.3) is 0 Å². The minimum atomic E-state index is -0.758. The lowest BCUT2D eigenvalue weighted by atomic mass is 10.2. The second-order valence-corrected chi connectivity index (χ2v) is 6.02. The highest BCUT2D eigenvalue weighted by Gasteiger charge is 2.37. The van der Waals surface area contributed by atoms with E-state index in [1.807, 2.05) is 43.3 Å². The Morgan fingerprint density at radius 1 is 1.19 bits per heavy atom. The summed E-state index contributed by atoms with van der Waals surface area (Å²) in [7, 11) is 0. The fraction of sp³-hybridized carbons (Fsp3) is 0.211. The molecule has 1 unspecified atom stereocenters. The highest BCUT2D eigenvalue weighted by Crippen LogP contribution is 2.27. The minimum Gasteiger partial charge on any atom is -0.339 e. The van der Waals surface area contributed by atoms with E-state index < -0.39 is 12.3 Å². The molecule has 132 valence electrons. The van der Waals surface area contributed by atoms with Gasteiger partial charge in [-0.15, -0.1) is 0 Å². The molecule has 0 aromatic heterocycles. The fourth-order valence-corrected chi connectivity index (χ4v) is 2.78. The minimum absolute atomic E-state index is 0.188. The lowest BCUT2D eigenvalue weighted by molar-refractivity contribution is -0.141. The summed E-state index contributed by atoms with van der Waals surface area (Å²) in [4.78, 5) is 14.2. The van der Waals surface area contributed by atoms with E-state index in [1.165, 1.54) is 9.91 Å². The van der Waals surface area contributed by atoms with Gasteiger partial charge >= 0.3 is 0 Å². The van der Waals surface area contributed by atoms with Crippen LogP contribution in [0.3, 0.4) is 0 Å².